The summed E-state index contributed by atoms with van der Waals surface area (Å²) in [6.07, 6.45) is 1.41. The molecule has 0 aromatic carbocycles. The van der Waals surface area contributed by atoms with E-state index in [0.29, 0.717) is 11.2 Å². The third-order valence-electron chi connectivity index (χ3n) is 0.861. The van der Waals surface area contributed by atoms with Crippen LogP contribution in [0.3, 0.4) is 0 Å². The Bertz CT molecular complexity index is 286. The highest BCUT2D eigenvalue weighted by Crippen LogP contribution is 1.99. The molecule has 44 valence electrons. The fourth-order valence-corrected chi connectivity index (χ4v) is 0.490. The van der Waals surface area contributed by atoms with Gasteiger partial charge < -0.3 is 4.52 Å². The first-order valence-corrected chi connectivity index (χ1v) is 2.23. The minimum atomic E-state index is 0.380. The van der Waals surface area contributed by atoms with Gasteiger partial charge in [-0.1, -0.05) is 5.10 Å². The molecule has 0 N–H and O–H groups in total. The number of hydrogen-bond donors (Lipinski definition) is 0. The van der Waals surface area contributed by atoms with Crippen LogP contribution in [0.2, 0.25) is 0 Å². The molecule has 2 rings (SSSR count). The highest BCUT2D eigenvalue weighted by atomic mass is 16.5. The van der Waals surface area contributed by atoms with Crippen LogP contribution in [0.5, 0.6) is 0 Å². The van der Waals surface area contributed by atoms with Gasteiger partial charge in [-0.15, -0.1) is 10.2 Å². The van der Waals surface area contributed by atoms with Gasteiger partial charge in [-0.3, -0.25) is 0 Å². The van der Waals surface area contributed by atoms with Crippen molar-refractivity contribution in [2.24, 2.45) is 0 Å². The fourth-order valence-electron chi connectivity index (χ4n) is 0.490. The van der Waals surface area contributed by atoms with Gasteiger partial charge in [0.1, 0.15) is 6.20 Å². The molecule has 0 fully saturated rings. The van der Waals surface area contributed by atoms with Crippen LogP contribution in [0.15, 0.2) is 10.7 Å². The summed E-state index contributed by atoms with van der Waals surface area (Å²) in [6.45, 7) is 0. The maximum Gasteiger partial charge on any atom is 0.248 e. The van der Waals surface area contributed by atoms with E-state index in [9.17, 15) is 0 Å². The SMILES string of the molecule is c1nnnc2nnoc12. The average Bonchev–Trinajstić information content (AvgIpc) is 2.33. The smallest absolute Gasteiger partial charge is 0.248 e. The molecule has 0 atom stereocenters. The van der Waals surface area contributed by atoms with Gasteiger partial charge in [0.15, 0.2) is 0 Å². The first kappa shape index (κ1) is 4.30. The number of hydrogen-bond acceptors (Lipinski definition) is 6. The lowest BCUT2D eigenvalue weighted by molar-refractivity contribution is 0.423. The van der Waals surface area contributed by atoms with Crippen LogP contribution < -0.4 is 0 Å². The summed E-state index contributed by atoms with van der Waals surface area (Å²) in [5.74, 6) is 0. The fraction of sp³-hybridized carbons (Fsp3) is 0. The Kier molecular flexibility index (Phi) is 0.689. The standard InChI is InChI=1S/C3HN5O/c1-2-3(5-7-4-1)6-8-9-2/h1H. The first-order chi connectivity index (χ1) is 4.47. The lowest BCUT2D eigenvalue weighted by Gasteiger charge is -1.74. The van der Waals surface area contributed by atoms with Crippen LogP contribution in [0.25, 0.3) is 11.2 Å². The van der Waals surface area contributed by atoms with E-state index >= 15 is 0 Å². The highest BCUT2D eigenvalue weighted by molar-refractivity contribution is 5.63. The second kappa shape index (κ2) is 1.44. The van der Waals surface area contributed by atoms with Crippen LogP contribution in [0, 0.1) is 0 Å². The third kappa shape index (κ3) is 0.525. The van der Waals surface area contributed by atoms with E-state index in [1.807, 2.05) is 0 Å². The zero-order chi connectivity index (χ0) is 6.10. The Balaban J connectivity index is 2.95. The van der Waals surface area contributed by atoms with Gasteiger partial charge in [-0.2, -0.15) is 0 Å². The molecule has 0 aliphatic rings. The summed E-state index contributed by atoms with van der Waals surface area (Å²) in [7, 11) is 0. The Labute approximate surface area is 48.9 Å². The average molecular weight is 123 g/mol. The van der Waals surface area contributed by atoms with E-state index in [4.69, 9.17) is 0 Å². The maximum absolute atomic E-state index is 4.59. The van der Waals surface area contributed by atoms with Crippen LogP contribution in [-0.4, -0.2) is 25.8 Å². The van der Waals surface area contributed by atoms with Crippen molar-refractivity contribution in [1.82, 2.24) is 25.8 Å². The summed E-state index contributed by atoms with van der Waals surface area (Å²) in [4.78, 5) is 0. The molecule has 0 aliphatic heterocycles. The molecule has 0 spiro atoms. The molecular weight excluding hydrogens is 122 g/mol. The molecule has 0 unspecified atom stereocenters. The normalized spacial score (nSPS) is 10.2. The van der Waals surface area contributed by atoms with Crippen molar-refractivity contribution < 1.29 is 4.52 Å². The molecule has 0 aliphatic carbocycles. The van der Waals surface area contributed by atoms with Crippen molar-refractivity contribution >= 4 is 11.2 Å². The summed E-state index contributed by atoms with van der Waals surface area (Å²) in [5, 5.41) is 17.0. The van der Waals surface area contributed by atoms with Crippen molar-refractivity contribution in [3.05, 3.63) is 6.20 Å². The molecular formula is C3HN5O. The van der Waals surface area contributed by atoms with E-state index in [-0.39, 0.29) is 0 Å². The molecule has 0 amide bonds. The van der Waals surface area contributed by atoms with Crippen molar-refractivity contribution in [1.29, 1.82) is 0 Å². The van der Waals surface area contributed by atoms with Gasteiger partial charge in [-0.25, -0.2) is 0 Å². The van der Waals surface area contributed by atoms with E-state index in [1.165, 1.54) is 6.20 Å². The zero-order valence-electron chi connectivity index (χ0n) is 4.22. The molecule has 9 heavy (non-hydrogen) atoms. The van der Waals surface area contributed by atoms with Gasteiger partial charge in [0, 0.05) is 5.27 Å². The molecule has 0 bridgehead atoms. The van der Waals surface area contributed by atoms with E-state index in [2.05, 4.69) is 30.3 Å². The number of fused-ring (bicyclic) bond motifs is 1. The second-order valence-electron chi connectivity index (χ2n) is 1.39. The minimum Gasteiger partial charge on any atom is -0.333 e. The first-order valence-electron chi connectivity index (χ1n) is 2.23. The van der Waals surface area contributed by atoms with Crippen LogP contribution in [0.1, 0.15) is 0 Å². The Morgan fingerprint density at radius 2 is 2.33 bits per heavy atom. The second-order valence-corrected chi connectivity index (χ2v) is 1.39. The van der Waals surface area contributed by atoms with Crippen molar-refractivity contribution in [3.8, 4) is 0 Å². The molecule has 2 aromatic rings. The largest absolute Gasteiger partial charge is 0.333 e. The Morgan fingerprint density at radius 3 is 3.22 bits per heavy atom. The van der Waals surface area contributed by atoms with Gasteiger partial charge in [0.2, 0.25) is 11.2 Å². The molecule has 0 saturated carbocycles. The predicted molar refractivity (Wildman–Crippen MR) is 25.2 cm³/mol. The Morgan fingerprint density at radius 1 is 1.33 bits per heavy atom. The van der Waals surface area contributed by atoms with E-state index in [1.54, 1.807) is 0 Å². The van der Waals surface area contributed by atoms with E-state index < -0.39 is 0 Å². The summed E-state index contributed by atoms with van der Waals surface area (Å²) in [5.41, 5.74) is 0.829. The van der Waals surface area contributed by atoms with Crippen molar-refractivity contribution in [2.75, 3.05) is 0 Å². The lowest BCUT2D eigenvalue weighted by atomic mass is 10.6. The molecule has 2 aromatic heterocycles. The number of rotatable bonds is 0. The third-order valence-corrected chi connectivity index (χ3v) is 0.861. The number of nitrogens with zero attached hydrogens (tertiary/aromatic N) is 5. The molecule has 6 nitrogen and oxygen atoms in total. The van der Waals surface area contributed by atoms with Crippen LogP contribution >= 0.6 is 0 Å². The van der Waals surface area contributed by atoms with E-state index in [0.717, 1.165) is 0 Å². The van der Waals surface area contributed by atoms with Crippen LogP contribution in [0.4, 0.5) is 0 Å². The summed E-state index contributed by atoms with van der Waals surface area (Å²) < 4.78 is 4.59. The van der Waals surface area contributed by atoms with Gasteiger partial charge >= 0.3 is 0 Å². The van der Waals surface area contributed by atoms with Crippen molar-refractivity contribution in [2.45, 2.75) is 0 Å². The number of aromatic nitrogens is 5. The highest BCUT2D eigenvalue weighted by Gasteiger charge is 1.97. The summed E-state index contributed by atoms with van der Waals surface area (Å²) >= 11 is 0. The van der Waals surface area contributed by atoms with Crippen molar-refractivity contribution in [3.63, 3.8) is 0 Å². The lowest BCUT2D eigenvalue weighted by Crippen LogP contribution is -1.84. The molecule has 0 saturated heterocycles. The molecule has 6 heteroatoms. The maximum atomic E-state index is 4.59. The van der Waals surface area contributed by atoms with Gasteiger partial charge in [-0.05, 0) is 5.21 Å². The quantitative estimate of drug-likeness (QED) is 0.465. The van der Waals surface area contributed by atoms with Crippen LogP contribution in [-0.2, 0) is 0 Å². The molecule has 2 heterocycles. The summed E-state index contributed by atoms with van der Waals surface area (Å²) in [6, 6.07) is 0. The predicted octanol–water partition coefficient (Wildman–Crippen LogP) is -0.592. The van der Waals surface area contributed by atoms with Gasteiger partial charge in [0.25, 0.3) is 0 Å². The topological polar surface area (TPSA) is 77.6 Å². The minimum absolute atomic E-state index is 0.380. The zero-order valence-corrected chi connectivity index (χ0v) is 4.22. The molecule has 0 radical (unpaired) electrons. The Hall–Kier alpha value is -1.59. The van der Waals surface area contributed by atoms with Gasteiger partial charge in [0.05, 0.1) is 0 Å². The monoisotopic (exact) mass is 123 g/mol.